The summed E-state index contributed by atoms with van der Waals surface area (Å²) in [6, 6.07) is 7.17. The molecule has 76 valence electrons. The van der Waals surface area contributed by atoms with Crippen LogP contribution in [0, 0.1) is 0 Å². The monoisotopic (exact) mass is 212 g/mol. The van der Waals surface area contributed by atoms with E-state index in [1.807, 2.05) is 19.1 Å². The van der Waals surface area contributed by atoms with Crippen LogP contribution in [0.15, 0.2) is 24.3 Å². The lowest BCUT2D eigenvalue weighted by molar-refractivity contribution is -0.120. The van der Waals surface area contributed by atoms with Crippen molar-refractivity contribution in [3.05, 3.63) is 29.3 Å². The SMILES string of the molecule is CCCC(=O)NNc1cccc(Cl)c1. The highest BCUT2D eigenvalue weighted by atomic mass is 35.5. The quantitative estimate of drug-likeness (QED) is 0.754. The second-order valence-corrected chi connectivity index (χ2v) is 3.37. The Hall–Kier alpha value is -1.22. The van der Waals surface area contributed by atoms with Crippen molar-refractivity contribution in [1.29, 1.82) is 0 Å². The molecule has 0 saturated heterocycles. The Bertz CT molecular complexity index is 315. The molecule has 0 unspecified atom stereocenters. The van der Waals surface area contributed by atoms with Gasteiger partial charge in [-0.2, -0.15) is 0 Å². The maximum absolute atomic E-state index is 11.1. The fraction of sp³-hybridized carbons (Fsp3) is 0.300. The van der Waals surface area contributed by atoms with Crippen LogP contribution in [0.4, 0.5) is 5.69 Å². The smallest absolute Gasteiger partial charge is 0.238 e. The maximum Gasteiger partial charge on any atom is 0.238 e. The number of carbonyl (C=O) groups excluding carboxylic acids is 1. The third kappa shape index (κ3) is 3.66. The lowest BCUT2D eigenvalue weighted by atomic mass is 10.3. The molecule has 0 aliphatic rings. The number of carbonyl (C=O) groups is 1. The topological polar surface area (TPSA) is 41.1 Å². The van der Waals surface area contributed by atoms with E-state index < -0.39 is 0 Å². The molecule has 0 fully saturated rings. The van der Waals surface area contributed by atoms with Crippen molar-refractivity contribution in [2.75, 3.05) is 5.43 Å². The number of halogens is 1. The predicted octanol–water partition coefficient (Wildman–Crippen LogP) is 2.58. The molecule has 0 heterocycles. The first-order chi connectivity index (χ1) is 6.72. The van der Waals surface area contributed by atoms with Crippen LogP contribution in [0.5, 0.6) is 0 Å². The van der Waals surface area contributed by atoms with Crippen molar-refractivity contribution in [3.8, 4) is 0 Å². The molecular formula is C10H13ClN2O. The molecule has 0 spiro atoms. The molecule has 0 saturated carbocycles. The van der Waals surface area contributed by atoms with Gasteiger partial charge in [-0.1, -0.05) is 24.6 Å². The number of hydrazine groups is 1. The van der Waals surface area contributed by atoms with E-state index in [9.17, 15) is 4.79 Å². The summed E-state index contributed by atoms with van der Waals surface area (Å²) in [6.45, 7) is 1.96. The minimum atomic E-state index is -0.0209. The van der Waals surface area contributed by atoms with Gasteiger partial charge in [-0.3, -0.25) is 15.6 Å². The van der Waals surface area contributed by atoms with E-state index in [2.05, 4.69) is 10.9 Å². The summed E-state index contributed by atoms with van der Waals surface area (Å²) in [5, 5.41) is 0.639. The number of anilines is 1. The van der Waals surface area contributed by atoms with Crippen molar-refractivity contribution in [1.82, 2.24) is 5.43 Å². The highest BCUT2D eigenvalue weighted by molar-refractivity contribution is 6.30. The molecule has 0 aliphatic carbocycles. The molecule has 0 atom stereocenters. The second kappa shape index (κ2) is 5.50. The number of amides is 1. The molecular weight excluding hydrogens is 200 g/mol. The average Bonchev–Trinajstić information content (AvgIpc) is 2.15. The first kappa shape index (κ1) is 10.9. The van der Waals surface area contributed by atoms with Gasteiger partial charge in [-0.05, 0) is 24.6 Å². The zero-order valence-corrected chi connectivity index (χ0v) is 8.77. The molecule has 0 aliphatic heterocycles. The number of nitrogens with one attached hydrogen (secondary N) is 2. The van der Waals surface area contributed by atoms with Crippen LogP contribution in [-0.2, 0) is 4.79 Å². The first-order valence-electron chi connectivity index (χ1n) is 4.53. The molecule has 1 rings (SSSR count). The van der Waals surface area contributed by atoms with Gasteiger partial charge in [0.25, 0.3) is 0 Å². The molecule has 0 aromatic heterocycles. The number of rotatable bonds is 4. The molecule has 0 bridgehead atoms. The van der Waals surface area contributed by atoms with Crippen LogP contribution in [-0.4, -0.2) is 5.91 Å². The van der Waals surface area contributed by atoms with E-state index in [-0.39, 0.29) is 5.91 Å². The summed E-state index contributed by atoms with van der Waals surface area (Å²) in [6.07, 6.45) is 1.36. The number of benzene rings is 1. The zero-order valence-electron chi connectivity index (χ0n) is 8.01. The standard InChI is InChI=1S/C10H13ClN2O/c1-2-4-10(14)13-12-9-6-3-5-8(11)7-9/h3,5-7,12H,2,4H2,1H3,(H,13,14). The predicted molar refractivity (Wildman–Crippen MR) is 58.1 cm³/mol. The van der Waals surface area contributed by atoms with Crippen LogP contribution in [0.3, 0.4) is 0 Å². The average molecular weight is 213 g/mol. The Kier molecular flexibility index (Phi) is 4.26. The maximum atomic E-state index is 11.1. The van der Waals surface area contributed by atoms with Crippen LogP contribution in [0.1, 0.15) is 19.8 Å². The van der Waals surface area contributed by atoms with Gasteiger partial charge >= 0.3 is 0 Å². The minimum Gasteiger partial charge on any atom is -0.299 e. The van der Waals surface area contributed by atoms with E-state index in [0.29, 0.717) is 11.4 Å². The summed E-state index contributed by atoms with van der Waals surface area (Å²) >= 11 is 5.77. The lowest BCUT2D eigenvalue weighted by Gasteiger charge is -2.07. The largest absolute Gasteiger partial charge is 0.299 e. The molecule has 14 heavy (non-hydrogen) atoms. The van der Waals surface area contributed by atoms with Gasteiger partial charge in [0.15, 0.2) is 0 Å². The van der Waals surface area contributed by atoms with Crippen molar-refractivity contribution in [3.63, 3.8) is 0 Å². The van der Waals surface area contributed by atoms with Crippen LogP contribution in [0.2, 0.25) is 5.02 Å². The summed E-state index contributed by atoms with van der Waals surface area (Å²) in [5.74, 6) is -0.0209. The van der Waals surface area contributed by atoms with E-state index in [1.165, 1.54) is 0 Å². The van der Waals surface area contributed by atoms with Crippen molar-refractivity contribution >= 4 is 23.2 Å². The zero-order chi connectivity index (χ0) is 10.4. The van der Waals surface area contributed by atoms with E-state index >= 15 is 0 Å². The van der Waals surface area contributed by atoms with Crippen LogP contribution < -0.4 is 10.9 Å². The molecule has 3 nitrogen and oxygen atoms in total. The lowest BCUT2D eigenvalue weighted by Crippen LogP contribution is -2.28. The van der Waals surface area contributed by atoms with Crippen molar-refractivity contribution in [2.24, 2.45) is 0 Å². The number of hydrogen-bond acceptors (Lipinski definition) is 2. The number of hydrogen-bond donors (Lipinski definition) is 2. The minimum absolute atomic E-state index is 0.0209. The summed E-state index contributed by atoms with van der Waals surface area (Å²) in [7, 11) is 0. The fourth-order valence-electron chi connectivity index (χ4n) is 0.998. The van der Waals surface area contributed by atoms with E-state index in [4.69, 9.17) is 11.6 Å². The second-order valence-electron chi connectivity index (χ2n) is 2.93. The Labute approximate surface area is 88.4 Å². The van der Waals surface area contributed by atoms with Gasteiger partial charge in [0.05, 0.1) is 5.69 Å². The summed E-state index contributed by atoms with van der Waals surface area (Å²) < 4.78 is 0. The highest BCUT2D eigenvalue weighted by Gasteiger charge is 1.98. The van der Waals surface area contributed by atoms with Crippen LogP contribution in [0.25, 0.3) is 0 Å². The Morgan fingerprint density at radius 1 is 1.50 bits per heavy atom. The molecule has 1 aromatic rings. The normalized spacial score (nSPS) is 9.57. The van der Waals surface area contributed by atoms with E-state index in [1.54, 1.807) is 12.1 Å². The van der Waals surface area contributed by atoms with Gasteiger partial charge in [-0.15, -0.1) is 0 Å². The van der Waals surface area contributed by atoms with Crippen LogP contribution >= 0.6 is 11.6 Å². The molecule has 4 heteroatoms. The van der Waals surface area contributed by atoms with Gasteiger partial charge < -0.3 is 0 Å². The third-order valence-corrected chi connectivity index (χ3v) is 1.88. The van der Waals surface area contributed by atoms with Gasteiger partial charge in [0.2, 0.25) is 5.91 Å². The van der Waals surface area contributed by atoms with Gasteiger partial charge in [-0.25, -0.2) is 0 Å². The molecule has 1 aromatic carbocycles. The highest BCUT2D eigenvalue weighted by Crippen LogP contribution is 2.13. The van der Waals surface area contributed by atoms with Gasteiger partial charge in [0.1, 0.15) is 0 Å². The third-order valence-electron chi connectivity index (χ3n) is 1.65. The summed E-state index contributed by atoms with van der Waals surface area (Å²) in [5.41, 5.74) is 6.15. The van der Waals surface area contributed by atoms with Gasteiger partial charge in [0, 0.05) is 11.4 Å². The first-order valence-corrected chi connectivity index (χ1v) is 4.90. The Balaban J connectivity index is 2.41. The Morgan fingerprint density at radius 2 is 2.29 bits per heavy atom. The molecule has 1 amide bonds. The van der Waals surface area contributed by atoms with Crippen molar-refractivity contribution < 1.29 is 4.79 Å². The fourth-order valence-corrected chi connectivity index (χ4v) is 1.19. The van der Waals surface area contributed by atoms with E-state index in [0.717, 1.165) is 12.1 Å². The molecule has 2 N–H and O–H groups in total. The molecule has 0 radical (unpaired) electrons. The summed E-state index contributed by atoms with van der Waals surface area (Å²) in [4.78, 5) is 11.1. The van der Waals surface area contributed by atoms with Crippen molar-refractivity contribution in [2.45, 2.75) is 19.8 Å². The Morgan fingerprint density at radius 3 is 2.93 bits per heavy atom.